The first-order valence-electron chi connectivity index (χ1n) is 12.2. The van der Waals surface area contributed by atoms with Crippen molar-refractivity contribution in [2.24, 2.45) is 5.92 Å². The van der Waals surface area contributed by atoms with Crippen molar-refractivity contribution in [3.05, 3.63) is 87.9 Å². The van der Waals surface area contributed by atoms with Crippen LogP contribution in [0.3, 0.4) is 0 Å². The fraction of sp³-hybridized carbons (Fsp3) is 0.222. The molecule has 0 heterocycles. The van der Waals surface area contributed by atoms with Gasteiger partial charge in [0.05, 0.1) is 33.5 Å². The Morgan fingerprint density at radius 3 is 2.09 bits per heavy atom. The first kappa shape index (κ1) is 34.6. The molecule has 240 valence electrons. The molecule has 45 heavy (non-hydrogen) atoms. The molecule has 4 rings (SSSR count). The molecule has 1 aliphatic rings. The van der Waals surface area contributed by atoms with E-state index in [0.29, 0.717) is 12.1 Å². The number of nitrogens with one attached hydrogen (secondary N) is 3. The van der Waals surface area contributed by atoms with Gasteiger partial charge in [0.1, 0.15) is 16.0 Å². The zero-order valence-electron chi connectivity index (χ0n) is 21.8. The first-order chi connectivity index (χ1) is 20.8. The maximum atomic E-state index is 14.6. The van der Waals surface area contributed by atoms with Crippen molar-refractivity contribution in [3.8, 4) is 0 Å². The maximum Gasteiger partial charge on any atom is 0.442 e. The summed E-state index contributed by atoms with van der Waals surface area (Å²) in [6.45, 7) is 0. The van der Waals surface area contributed by atoms with E-state index < -0.39 is 85.9 Å². The Kier molecular flexibility index (Phi) is 9.88. The molecule has 1 aliphatic carbocycles. The van der Waals surface area contributed by atoms with Gasteiger partial charge in [-0.25, -0.2) is 8.78 Å². The molecule has 3 aromatic rings. The summed E-state index contributed by atoms with van der Waals surface area (Å²) < 4.78 is 103. The van der Waals surface area contributed by atoms with Crippen LogP contribution in [0, 0.1) is 17.6 Å². The summed E-state index contributed by atoms with van der Waals surface area (Å²) in [6.07, 6.45) is -5.00. The van der Waals surface area contributed by atoms with Crippen LogP contribution in [0.1, 0.15) is 27.4 Å². The zero-order valence-corrected chi connectivity index (χ0v) is 24.9. The molecule has 1 saturated carbocycles. The van der Waals surface area contributed by atoms with Gasteiger partial charge in [0.2, 0.25) is 11.8 Å². The largest absolute Gasteiger partial charge is 0.442 e. The van der Waals surface area contributed by atoms with Crippen molar-refractivity contribution in [3.63, 3.8) is 0 Å². The second kappa shape index (κ2) is 12.9. The second-order valence-electron chi connectivity index (χ2n) is 9.48. The van der Waals surface area contributed by atoms with E-state index in [2.05, 4.69) is 16.0 Å². The Hall–Kier alpha value is -3.27. The Labute approximate surface area is 267 Å². The number of alkyl halides is 8. The van der Waals surface area contributed by atoms with Crippen LogP contribution in [-0.2, 0) is 15.8 Å². The van der Waals surface area contributed by atoms with Gasteiger partial charge in [0, 0.05) is 17.3 Å². The summed E-state index contributed by atoms with van der Waals surface area (Å²) in [7, 11) is 0. The maximum absolute atomic E-state index is 14.6. The minimum atomic E-state index is -5.00. The smallest absolute Gasteiger partial charge is 0.326 e. The zero-order chi connectivity index (χ0) is 33.5. The molecular weight excluding hydrogens is 705 g/mol. The predicted molar refractivity (Wildman–Crippen MR) is 154 cm³/mol. The minimum Gasteiger partial charge on any atom is -0.326 e. The van der Waals surface area contributed by atoms with Crippen LogP contribution < -0.4 is 16.0 Å². The van der Waals surface area contributed by atoms with Crippen LogP contribution >= 0.6 is 46.6 Å². The molecule has 0 aliphatic heterocycles. The van der Waals surface area contributed by atoms with Crippen LogP contribution in [-0.4, -0.2) is 33.3 Å². The molecule has 2 unspecified atom stereocenters. The molecule has 3 N–H and O–H groups in total. The van der Waals surface area contributed by atoms with E-state index in [0.717, 1.165) is 24.3 Å². The van der Waals surface area contributed by atoms with Gasteiger partial charge in [-0.05, 0) is 65.9 Å². The monoisotopic (exact) mass is 719 g/mol. The van der Waals surface area contributed by atoms with Crippen molar-refractivity contribution in [2.75, 3.05) is 21.7 Å². The van der Waals surface area contributed by atoms with E-state index in [1.54, 1.807) is 0 Å². The third kappa shape index (κ3) is 8.31. The molecule has 3 amide bonds. The Morgan fingerprint density at radius 2 is 1.47 bits per heavy atom. The minimum absolute atomic E-state index is 0.0276. The van der Waals surface area contributed by atoms with Gasteiger partial charge < -0.3 is 16.0 Å². The van der Waals surface area contributed by atoms with E-state index in [4.69, 9.17) is 34.8 Å². The van der Waals surface area contributed by atoms with Crippen LogP contribution in [0.5, 0.6) is 0 Å². The van der Waals surface area contributed by atoms with Crippen LogP contribution in [0.2, 0.25) is 5.02 Å². The SMILES string of the molecule is O=C(CSC(F)(F)F)Nc1ccc(C(=O)Nc2cc(NC(=O)C3C(c4ccc(F)c(C(F)(F)F)c4)C3(Cl)Cl)ccc2Cl)c(F)c1. The van der Waals surface area contributed by atoms with E-state index >= 15 is 0 Å². The highest BCUT2D eigenvalue weighted by Gasteiger charge is 2.67. The van der Waals surface area contributed by atoms with E-state index in [-0.39, 0.29) is 27.6 Å². The second-order valence-corrected chi connectivity index (χ2v) is 12.4. The Balaban J connectivity index is 1.44. The number of rotatable bonds is 8. The summed E-state index contributed by atoms with van der Waals surface area (Å²) in [5.41, 5.74) is -7.13. The number of benzene rings is 3. The summed E-state index contributed by atoms with van der Waals surface area (Å²) >= 11 is 17.9. The number of halogens is 11. The molecule has 1 fully saturated rings. The van der Waals surface area contributed by atoms with Gasteiger partial charge in [0.25, 0.3) is 5.91 Å². The molecule has 0 spiro atoms. The quantitative estimate of drug-likeness (QED) is 0.161. The highest BCUT2D eigenvalue weighted by Crippen LogP contribution is 2.65. The standard InChI is InChI=1S/C27H16Cl3F8N3O3S/c28-16-5-3-13(40-24(44)22-21(25(22,29)30)11-1-6-17(31)15(7-11)26(33,34)35)9-19(16)41-23(43)14-4-2-12(8-18(14)32)39-20(42)10-45-27(36,37)38/h1-9,21-22H,10H2,(H,39,42)(H,40,44)(H,41,43). The van der Waals surface area contributed by atoms with Crippen molar-refractivity contribution in [1.82, 2.24) is 0 Å². The van der Waals surface area contributed by atoms with Gasteiger partial charge in [-0.15, -0.1) is 23.2 Å². The lowest BCUT2D eigenvalue weighted by Gasteiger charge is -2.12. The summed E-state index contributed by atoms with van der Waals surface area (Å²) in [6, 6.07) is 8.67. The highest BCUT2D eigenvalue weighted by molar-refractivity contribution is 8.00. The van der Waals surface area contributed by atoms with Crippen molar-refractivity contribution in [1.29, 1.82) is 0 Å². The Bertz CT molecular complexity index is 1670. The average Bonchev–Trinajstić information content (AvgIpc) is 3.50. The molecule has 18 heteroatoms. The molecule has 3 aromatic carbocycles. The number of hydrogen-bond donors (Lipinski definition) is 3. The lowest BCUT2D eigenvalue weighted by molar-refractivity contribution is -0.140. The van der Waals surface area contributed by atoms with Gasteiger partial charge in [-0.3, -0.25) is 14.4 Å². The first-order valence-corrected chi connectivity index (χ1v) is 14.4. The molecule has 2 atom stereocenters. The van der Waals surface area contributed by atoms with E-state index in [1.807, 2.05) is 0 Å². The number of carbonyl (C=O) groups excluding carboxylic acids is 3. The summed E-state index contributed by atoms with van der Waals surface area (Å²) in [5.74, 6) is -8.88. The van der Waals surface area contributed by atoms with E-state index in [9.17, 15) is 49.5 Å². The molecule has 0 aromatic heterocycles. The van der Waals surface area contributed by atoms with Crippen LogP contribution in [0.4, 0.5) is 52.2 Å². The summed E-state index contributed by atoms with van der Waals surface area (Å²) in [4.78, 5) is 37.4. The number of anilines is 3. The van der Waals surface area contributed by atoms with Crippen LogP contribution in [0.15, 0.2) is 54.6 Å². The lowest BCUT2D eigenvalue weighted by Crippen LogP contribution is -2.19. The fourth-order valence-electron chi connectivity index (χ4n) is 4.25. The number of amides is 3. The number of hydrogen-bond acceptors (Lipinski definition) is 4. The van der Waals surface area contributed by atoms with Crippen molar-refractivity contribution < 1.29 is 49.5 Å². The van der Waals surface area contributed by atoms with Crippen LogP contribution in [0.25, 0.3) is 0 Å². The highest BCUT2D eigenvalue weighted by atomic mass is 35.5. The molecule has 0 radical (unpaired) electrons. The normalized spacial score (nSPS) is 17.4. The predicted octanol–water partition coefficient (Wildman–Crippen LogP) is 8.61. The number of carbonyl (C=O) groups is 3. The van der Waals surface area contributed by atoms with Gasteiger partial charge in [-0.1, -0.05) is 17.7 Å². The third-order valence-electron chi connectivity index (χ3n) is 6.34. The van der Waals surface area contributed by atoms with Gasteiger partial charge in [0.15, 0.2) is 0 Å². The Morgan fingerprint density at radius 1 is 0.822 bits per heavy atom. The van der Waals surface area contributed by atoms with Gasteiger partial charge in [-0.2, -0.15) is 26.3 Å². The van der Waals surface area contributed by atoms with Crippen molar-refractivity contribution in [2.45, 2.75) is 21.9 Å². The van der Waals surface area contributed by atoms with Crippen molar-refractivity contribution >= 4 is 81.3 Å². The molecular formula is C27H16Cl3F8N3O3S. The fourth-order valence-corrected chi connectivity index (χ4v) is 5.61. The summed E-state index contributed by atoms with van der Waals surface area (Å²) in [5, 5.41) is 6.80. The average molecular weight is 721 g/mol. The lowest BCUT2D eigenvalue weighted by atomic mass is 10.0. The van der Waals surface area contributed by atoms with E-state index in [1.165, 1.54) is 18.2 Å². The third-order valence-corrected chi connectivity index (χ3v) is 8.34. The molecule has 0 bridgehead atoms. The molecule has 6 nitrogen and oxygen atoms in total. The molecule has 0 saturated heterocycles. The van der Waals surface area contributed by atoms with Gasteiger partial charge >= 0.3 is 11.7 Å². The topological polar surface area (TPSA) is 87.3 Å². The number of thioether (sulfide) groups is 1.